The van der Waals surface area contributed by atoms with Crippen molar-refractivity contribution < 1.29 is 4.79 Å². The maximum atomic E-state index is 12.2. The van der Waals surface area contributed by atoms with Gasteiger partial charge in [0.2, 0.25) is 0 Å². The number of Topliss-reactive ketones (excluding diaryl/α,β-unsaturated/α-hetero) is 1. The number of pyridine rings is 1. The van der Waals surface area contributed by atoms with Gasteiger partial charge in [0.1, 0.15) is 0 Å². The van der Waals surface area contributed by atoms with Gasteiger partial charge < -0.3 is 0 Å². The van der Waals surface area contributed by atoms with E-state index in [9.17, 15) is 4.79 Å². The summed E-state index contributed by atoms with van der Waals surface area (Å²) in [5.41, 5.74) is 3.67. The van der Waals surface area contributed by atoms with Gasteiger partial charge >= 0.3 is 0 Å². The summed E-state index contributed by atoms with van der Waals surface area (Å²) in [6.07, 6.45) is 4.43. The van der Waals surface area contributed by atoms with Gasteiger partial charge in [0.25, 0.3) is 0 Å². The first kappa shape index (κ1) is 10.4. The van der Waals surface area contributed by atoms with E-state index in [1.54, 1.807) is 0 Å². The average molecular weight is 245 g/mol. The van der Waals surface area contributed by atoms with Gasteiger partial charge in [0, 0.05) is 22.8 Å². The number of rotatable bonds is 0. The van der Waals surface area contributed by atoms with E-state index in [2.05, 4.69) is 11.1 Å². The van der Waals surface area contributed by atoms with Crippen LogP contribution in [0.4, 0.5) is 0 Å². The molecule has 1 aliphatic rings. The first-order chi connectivity index (χ1) is 9.33. The molecule has 0 bridgehead atoms. The third-order valence-electron chi connectivity index (χ3n) is 3.61. The van der Waals surface area contributed by atoms with Crippen LogP contribution in [0.3, 0.4) is 0 Å². The number of nitrogens with zero attached hydrogens (tertiary/aromatic N) is 1. The second-order valence-electron chi connectivity index (χ2n) is 4.81. The van der Waals surface area contributed by atoms with Gasteiger partial charge in [0.05, 0.1) is 11.0 Å². The average Bonchev–Trinajstić information content (AvgIpc) is 2.45. The Bertz CT molecular complexity index is 862. The Morgan fingerprint density at radius 1 is 1.00 bits per heavy atom. The Balaban J connectivity index is 2.19. The minimum absolute atomic E-state index is 0.181. The Kier molecular flexibility index (Phi) is 2.06. The summed E-state index contributed by atoms with van der Waals surface area (Å²) in [7, 11) is 0. The molecule has 1 heterocycles. The quantitative estimate of drug-likeness (QED) is 0.560. The van der Waals surface area contributed by atoms with Gasteiger partial charge in [-0.15, -0.1) is 0 Å². The summed E-state index contributed by atoms with van der Waals surface area (Å²) >= 11 is 0. The Labute approximate surface area is 110 Å². The van der Waals surface area contributed by atoms with Crippen molar-refractivity contribution in [3.63, 3.8) is 0 Å². The lowest BCUT2D eigenvalue weighted by Crippen LogP contribution is -2.05. The van der Waals surface area contributed by atoms with E-state index in [-0.39, 0.29) is 5.78 Å². The van der Waals surface area contributed by atoms with Crippen molar-refractivity contribution in [3.8, 4) is 0 Å². The Hall–Kier alpha value is -2.48. The number of fused-ring (bicyclic) bond motifs is 4. The number of hydrogen-bond acceptors (Lipinski definition) is 2. The van der Waals surface area contributed by atoms with Crippen molar-refractivity contribution in [1.82, 2.24) is 4.98 Å². The third kappa shape index (κ3) is 1.50. The first-order valence-corrected chi connectivity index (χ1v) is 6.35. The second-order valence-corrected chi connectivity index (χ2v) is 4.81. The van der Waals surface area contributed by atoms with E-state index >= 15 is 0 Å². The Morgan fingerprint density at radius 2 is 1.89 bits per heavy atom. The number of allylic oxidation sites excluding steroid dienone is 1. The molecule has 0 amide bonds. The van der Waals surface area contributed by atoms with Gasteiger partial charge in [-0.2, -0.15) is 0 Å². The van der Waals surface area contributed by atoms with Crippen molar-refractivity contribution >= 4 is 33.7 Å². The fourth-order valence-corrected chi connectivity index (χ4v) is 2.71. The molecule has 2 heteroatoms. The topological polar surface area (TPSA) is 30.0 Å². The molecule has 1 aliphatic carbocycles. The van der Waals surface area contributed by atoms with Gasteiger partial charge in [0.15, 0.2) is 5.78 Å². The highest BCUT2D eigenvalue weighted by atomic mass is 16.1. The zero-order chi connectivity index (χ0) is 12.8. The molecule has 1 aromatic heterocycles. The normalized spacial score (nSPS) is 14.0. The minimum Gasteiger partial charge on any atom is -0.294 e. The summed E-state index contributed by atoms with van der Waals surface area (Å²) in [4.78, 5) is 16.8. The molecule has 0 fully saturated rings. The summed E-state index contributed by atoms with van der Waals surface area (Å²) in [6.45, 7) is 0. The molecule has 0 radical (unpaired) electrons. The Morgan fingerprint density at radius 3 is 2.84 bits per heavy atom. The lowest BCUT2D eigenvalue weighted by molar-refractivity contribution is 0.0996. The van der Waals surface area contributed by atoms with Crippen molar-refractivity contribution in [2.45, 2.75) is 6.42 Å². The molecule has 0 saturated carbocycles. The molecule has 3 aromatic rings. The van der Waals surface area contributed by atoms with Crippen LogP contribution >= 0.6 is 0 Å². The van der Waals surface area contributed by atoms with Crippen LogP contribution in [-0.2, 0) is 0 Å². The largest absolute Gasteiger partial charge is 0.294 e. The predicted octanol–water partition coefficient (Wildman–Crippen LogP) is 3.99. The van der Waals surface area contributed by atoms with E-state index in [4.69, 9.17) is 0 Å². The van der Waals surface area contributed by atoms with E-state index in [1.807, 2.05) is 48.6 Å². The van der Waals surface area contributed by atoms with Crippen LogP contribution < -0.4 is 0 Å². The summed E-state index contributed by atoms with van der Waals surface area (Å²) in [5, 5.41) is 2.04. The molecular weight excluding hydrogens is 234 g/mol. The molecule has 0 atom stereocenters. The number of carbonyl (C=O) groups excluding carboxylic acids is 1. The van der Waals surface area contributed by atoms with Gasteiger partial charge in [-0.25, -0.2) is 4.98 Å². The fraction of sp³-hybridized carbons (Fsp3) is 0.0588. The SMILES string of the molecule is O=C1CC=Cc2ccc3nc4ccccc4cc3c21. The van der Waals surface area contributed by atoms with Crippen LogP contribution in [-0.4, -0.2) is 10.8 Å². The summed E-state index contributed by atoms with van der Waals surface area (Å²) < 4.78 is 0. The molecule has 4 rings (SSSR count). The van der Waals surface area contributed by atoms with Gasteiger partial charge in [-0.05, 0) is 23.8 Å². The molecule has 19 heavy (non-hydrogen) atoms. The van der Waals surface area contributed by atoms with Crippen LogP contribution in [0.5, 0.6) is 0 Å². The smallest absolute Gasteiger partial charge is 0.167 e. The molecule has 0 unspecified atom stereocenters. The fourth-order valence-electron chi connectivity index (χ4n) is 2.71. The lowest BCUT2D eigenvalue weighted by atomic mass is 9.92. The zero-order valence-electron chi connectivity index (χ0n) is 10.3. The third-order valence-corrected chi connectivity index (χ3v) is 3.61. The van der Waals surface area contributed by atoms with Crippen LogP contribution in [0, 0.1) is 0 Å². The van der Waals surface area contributed by atoms with Crippen LogP contribution in [0.2, 0.25) is 0 Å². The van der Waals surface area contributed by atoms with Gasteiger partial charge in [-0.3, -0.25) is 4.79 Å². The number of carbonyl (C=O) groups is 1. The van der Waals surface area contributed by atoms with Crippen LogP contribution in [0.15, 0.2) is 48.5 Å². The maximum absolute atomic E-state index is 12.2. The monoisotopic (exact) mass is 245 g/mol. The van der Waals surface area contributed by atoms with E-state index < -0.39 is 0 Å². The summed E-state index contributed by atoms with van der Waals surface area (Å²) in [5.74, 6) is 0.181. The van der Waals surface area contributed by atoms with Crippen molar-refractivity contribution in [2.24, 2.45) is 0 Å². The van der Waals surface area contributed by atoms with E-state index in [0.29, 0.717) is 6.42 Å². The van der Waals surface area contributed by atoms with E-state index in [1.165, 1.54) is 0 Å². The first-order valence-electron chi connectivity index (χ1n) is 6.35. The lowest BCUT2D eigenvalue weighted by Gasteiger charge is -2.12. The molecule has 90 valence electrons. The molecule has 2 nitrogen and oxygen atoms in total. The second kappa shape index (κ2) is 3.75. The highest BCUT2D eigenvalue weighted by Crippen LogP contribution is 2.29. The molecule has 0 spiro atoms. The summed E-state index contributed by atoms with van der Waals surface area (Å²) in [6, 6.07) is 14.0. The standard InChI is InChI=1S/C17H11NO/c19-16-7-3-5-11-8-9-15-13(17(11)16)10-12-4-1-2-6-14(12)18-15/h1-6,8-10H,7H2. The molecule has 2 aromatic carbocycles. The number of aromatic nitrogens is 1. The zero-order valence-corrected chi connectivity index (χ0v) is 10.3. The van der Waals surface area contributed by atoms with Crippen LogP contribution in [0.1, 0.15) is 22.3 Å². The molecule has 0 saturated heterocycles. The maximum Gasteiger partial charge on any atom is 0.167 e. The molecule has 0 aliphatic heterocycles. The highest BCUT2D eigenvalue weighted by Gasteiger charge is 2.17. The van der Waals surface area contributed by atoms with Crippen molar-refractivity contribution in [2.75, 3.05) is 0 Å². The molecular formula is C17H11NO. The molecule has 0 N–H and O–H groups in total. The van der Waals surface area contributed by atoms with Crippen molar-refractivity contribution in [3.05, 3.63) is 59.7 Å². The minimum atomic E-state index is 0.181. The predicted molar refractivity (Wildman–Crippen MR) is 77.2 cm³/mol. The van der Waals surface area contributed by atoms with Crippen molar-refractivity contribution in [1.29, 1.82) is 0 Å². The highest BCUT2D eigenvalue weighted by molar-refractivity contribution is 6.13. The number of para-hydroxylation sites is 1. The number of ketones is 1. The van der Waals surface area contributed by atoms with Crippen LogP contribution in [0.25, 0.3) is 27.9 Å². The van der Waals surface area contributed by atoms with E-state index in [0.717, 1.165) is 32.9 Å². The van der Waals surface area contributed by atoms with Gasteiger partial charge in [-0.1, -0.05) is 36.4 Å². The number of benzene rings is 2. The number of hydrogen-bond donors (Lipinski definition) is 0.